The number of benzene rings is 2. The summed E-state index contributed by atoms with van der Waals surface area (Å²) in [5, 5.41) is 9.79. The van der Waals surface area contributed by atoms with Crippen LogP contribution in [-0.4, -0.2) is 19.7 Å². The lowest BCUT2D eigenvalue weighted by Crippen LogP contribution is -2.04. The molecular formula is C21H16FN5. The number of aromatic nitrogens is 4. The van der Waals surface area contributed by atoms with Gasteiger partial charge in [-0.2, -0.15) is 5.10 Å². The number of nitrogens with zero attached hydrogens (tertiary/aromatic N) is 3. The number of halogens is 1. The average molecular weight is 357 g/mol. The number of aromatic amines is 1. The molecule has 0 saturated carbocycles. The maximum absolute atomic E-state index is 14.0. The Morgan fingerprint density at radius 1 is 1.00 bits per heavy atom. The maximum Gasteiger partial charge on any atom is 0.132 e. The van der Waals surface area contributed by atoms with Gasteiger partial charge in [-0.25, -0.2) is 9.37 Å². The SMILES string of the molecule is Fc1ccccc1Cn1ncc2cnc(Nc3ccc4cc[nH]c4c3)cc21. The van der Waals surface area contributed by atoms with Gasteiger partial charge in [0.25, 0.3) is 0 Å². The Morgan fingerprint density at radius 2 is 1.93 bits per heavy atom. The number of pyridine rings is 1. The van der Waals surface area contributed by atoms with Gasteiger partial charge in [-0.05, 0) is 29.7 Å². The Kier molecular flexibility index (Phi) is 3.60. The van der Waals surface area contributed by atoms with E-state index in [-0.39, 0.29) is 5.82 Å². The van der Waals surface area contributed by atoms with Crippen LogP contribution < -0.4 is 5.32 Å². The molecule has 0 aliphatic rings. The van der Waals surface area contributed by atoms with Gasteiger partial charge in [0.1, 0.15) is 11.6 Å². The van der Waals surface area contributed by atoms with Crippen LogP contribution in [0.4, 0.5) is 15.9 Å². The van der Waals surface area contributed by atoms with Crippen molar-refractivity contribution in [3.8, 4) is 0 Å². The van der Waals surface area contributed by atoms with Gasteiger partial charge in [0, 0.05) is 40.6 Å². The van der Waals surface area contributed by atoms with Crippen LogP contribution in [0, 0.1) is 5.82 Å². The van der Waals surface area contributed by atoms with Crippen LogP contribution >= 0.6 is 0 Å². The van der Waals surface area contributed by atoms with Crippen LogP contribution in [0.3, 0.4) is 0 Å². The predicted octanol–water partition coefficient (Wildman–Crippen LogP) is 4.84. The van der Waals surface area contributed by atoms with Crippen molar-refractivity contribution in [3.63, 3.8) is 0 Å². The van der Waals surface area contributed by atoms with Gasteiger partial charge < -0.3 is 10.3 Å². The number of H-pyrrole nitrogens is 1. The first kappa shape index (κ1) is 15.6. The van der Waals surface area contributed by atoms with Gasteiger partial charge >= 0.3 is 0 Å². The number of fused-ring (bicyclic) bond motifs is 2. The maximum atomic E-state index is 14.0. The summed E-state index contributed by atoms with van der Waals surface area (Å²) in [6.45, 7) is 0.369. The molecule has 0 aliphatic heterocycles. The first-order chi connectivity index (χ1) is 13.3. The quantitative estimate of drug-likeness (QED) is 0.484. The fourth-order valence-electron chi connectivity index (χ4n) is 3.23. The normalized spacial score (nSPS) is 11.3. The number of anilines is 2. The molecule has 0 fully saturated rings. The topological polar surface area (TPSA) is 58.5 Å². The minimum absolute atomic E-state index is 0.229. The molecule has 0 amide bonds. The van der Waals surface area contributed by atoms with E-state index in [0.717, 1.165) is 27.5 Å². The van der Waals surface area contributed by atoms with E-state index < -0.39 is 0 Å². The summed E-state index contributed by atoms with van der Waals surface area (Å²) >= 11 is 0. The molecular weight excluding hydrogens is 341 g/mol. The molecule has 5 nitrogen and oxygen atoms in total. The van der Waals surface area contributed by atoms with E-state index in [1.54, 1.807) is 29.2 Å². The van der Waals surface area contributed by atoms with Gasteiger partial charge in [-0.3, -0.25) is 4.68 Å². The highest BCUT2D eigenvalue weighted by atomic mass is 19.1. The van der Waals surface area contributed by atoms with E-state index in [9.17, 15) is 4.39 Å². The van der Waals surface area contributed by atoms with Crippen molar-refractivity contribution < 1.29 is 4.39 Å². The Hall–Kier alpha value is -3.67. The largest absolute Gasteiger partial charge is 0.361 e. The molecule has 27 heavy (non-hydrogen) atoms. The van der Waals surface area contributed by atoms with E-state index in [0.29, 0.717) is 17.9 Å². The fourth-order valence-corrected chi connectivity index (χ4v) is 3.23. The molecule has 0 aliphatic carbocycles. The smallest absolute Gasteiger partial charge is 0.132 e. The monoisotopic (exact) mass is 357 g/mol. The second kappa shape index (κ2) is 6.25. The number of nitrogens with one attached hydrogen (secondary N) is 2. The summed E-state index contributed by atoms with van der Waals surface area (Å²) in [5.74, 6) is 0.483. The third-order valence-electron chi connectivity index (χ3n) is 4.63. The van der Waals surface area contributed by atoms with E-state index in [4.69, 9.17) is 0 Å². The van der Waals surface area contributed by atoms with Crippen LogP contribution in [0.15, 0.2) is 73.2 Å². The molecule has 132 valence electrons. The summed E-state index contributed by atoms with van der Waals surface area (Å²) in [5.41, 5.74) is 3.50. The molecule has 3 aromatic heterocycles. The zero-order chi connectivity index (χ0) is 18.2. The van der Waals surface area contributed by atoms with Crippen molar-refractivity contribution in [1.82, 2.24) is 19.7 Å². The molecule has 0 radical (unpaired) electrons. The molecule has 6 heteroatoms. The summed E-state index contributed by atoms with van der Waals surface area (Å²) < 4.78 is 15.8. The molecule has 5 rings (SSSR count). The second-order valence-electron chi connectivity index (χ2n) is 6.43. The molecule has 0 bridgehead atoms. The molecule has 5 aromatic rings. The van der Waals surface area contributed by atoms with E-state index in [1.165, 1.54) is 6.07 Å². The van der Waals surface area contributed by atoms with Crippen molar-refractivity contribution in [2.75, 3.05) is 5.32 Å². The minimum atomic E-state index is -0.229. The lowest BCUT2D eigenvalue weighted by Gasteiger charge is -2.08. The second-order valence-corrected chi connectivity index (χ2v) is 6.43. The van der Waals surface area contributed by atoms with Gasteiger partial charge in [0.2, 0.25) is 0 Å². The van der Waals surface area contributed by atoms with Gasteiger partial charge in [-0.15, -0.1) is 0 Å². The molecule has 3 heterocycles. The number of rotatable bonds is 4. The summed E-state index contributed by atoms with van der Waals surface area (Å²) in [6.07, 6.45) is 5.44. The summed E-state index contributed by atoms with van der Waals surface area (Å²) in [4.78, 5) is 7.66. The lowest BCUT2D eigenvalue weighted by molar-refractivity contribution is 0.590. The van der Waals surface area contributed by atoms with Crippen LogP contribution in [-0.2, 0) is 6.54 Å². The van der Waals surface area contributed by atoms with Crippen LogP contribution in [0.25, 0.3) is 21.8 Å². The Labute approximate surface area is 154 Å². The number of hydrogen-bond acceptors (Lipinski definition) is 3. The van der Waals surface area contributed by atoms with Gasteiger partial charge in [0.05, 0.1) is 18.3 Å². The predicted molar refractivity (Wildman–Crippen MR) is 105 cm³/mol. The zero-order valence-electron chi connectivity index (χ0n) is 14.4. The molecule has 2 aromatic carbocycles. The minimum Gasteiger partial charge on any atom is -0.361 e. The van der Waals surface area contributed by atoms with Crippen molar-refractivity contribution in [2.24, 2.45) is 0 Å². The summed E-state index contributed by atoms with van der Waals surface area (Å²) in [7, 11) is 0. The zero-order valence-corrected chi connectivity index (χ0v) is 14.4. The highest BCUT2D eigenvalue weighted by Gasteiger charge is 2.08. The van der Waals surface area contributed by atoms with E-state index in [1.807, 2.05) is 36.5 Å². The first-order valence-corrected chi connectivity index (χ1v) is 8.65. The van der Waals surface area contributed by atoms with Crippen molar-refractivity contribution in [3.05, 3.63) is 84.6 Å². The van der Waals surface area contributed by atoms with E-state index >= 15 is 0 Å². The van der Waals surface area contributed by atoms with Crippen molar-refractivity contribution in [1.29, 1.82) is 0 Å². The van der Waals surface area contributed by atoms with Crippen LogP contribution in [0.2, 0.25) is 0 Å². The highest BCUT2D eigenvalue weighted by Crippen LogP contribution is 2.23. The molecule has 0 unspecified atom stereocenters. The lowest BCUT2D eigenvalue weighted by atomic mass is 10.2. The molecule has 0 saturated heterocycles. The van der Waals surface area contributed by atoms with Gasteiger partial charge in [-0.1, -0.05) is 24.3 Å². The van der Waals surface area contributed by atoms with Gasteiger partial charge in [0.15, 0.2) is 0 Å². The molecule has 0 atom stereocenters. The van der Waals surface area contributed by atoms with Crippen LogP contribution in [0.5, 0.6) is 0 Å². The Bertz CT molecular complexity index is 1250. The Morgan fingerprint density at radius 3 is 2.85 bits per heavy atom. The summed E-state index contributed by atoms with van der Waals surface area (Å²) in [6, 6.07) is 16.8. The molecule has 0 spiro atoms. The number of hydrogen-bond donors (Lipinski definition) is 2. The standard InChI is InChI=1S/C21H16FN5/c22-18-4-2-1-3-15(18)13-27-20-10-21(24-11-16(20)12-25-27)26-17-6-5-14-7-8-23-19(14)9-17/h1-12,23H,13H2,(H,24,26). The van der Waals surface area contributed by atoms with Crippen LogP contribution in [0.1, 0.15) is 5.56 Å². The van der Waals surface area contributed by atoms with E-state index in [2.05, 4.69) is 26.4 Å². The fraction of sp³-hybridized carbons (Fsp3) is 0.0476. The van der Waals surface area contributed by atoms with Crippen molar-refractivity contribution in [2.45, 2.75) is 6.54 Å². The first-order valence-electron chi connectivity index (χ1n) is 8.65. The third-order valence-corrected chi connectivity index (χ3v) is 4.63. The Balaban J connectivity index is 1.48. The highest BCUT2D eigenvalue weighted by molar-refractivity contribution is 5.85. The third kappa shape index (κ3) is 2.91. The average Bonchev–Trinajstić information content (AvgIpc) is 3.30. The molecule has 2 N–H and O–H groups in total. The van der Waals surface area contributed by atoms with Crippen molar-refractivity contribution >= 4 is 33.3 Å².